The van der Waals surface area contributed by atoms with Crippen molar-refractivity contribution in [3.8, 4) is 28.2 Å². The molecule has 2 heterocycles. The number of para-hydroxylation sites is 2. The number of halogens is 3. The molecule has 258 valence electrons. The first-order valence-electron chi connectivity index (χ1n) is 18.9. The minimum Gasteiger partial charge on any atom is -0.292 e. The Labute approximate surface area is 304 Å². The van der Waals surface area contributed by atoms with Crippen LogP contribution in [0.2, 0.25) is 0 Å². The van der Waals surface area contributed by atoms with Crippen molar-refractivity contribution in [1.82, 2.24) is 14.5 Å². The number of aromatic nitrogens is 3. The van der Waals surface area contributed by atoms with E-state index in [1.54, 1.807) is 0 Å². The van der Waals surface area contributed by atoms with Crippen LogP contribution in [0.4, 0.5) is 13.2 Å². The second kappa shape index (κ2) is 10.3. The van der Waals surface area contributed by atoms with Crippen LogP contribution in [0.3, 0.4) is 0 Å². The van der Waals surface area contributed by atoms with Crippen molar-refractivity contribution >= 4 is 43.6 Å². The Hall–Kier alpha value is -5.49. The first kappa shape index (κ1) is 30.0. The van der Waals surface area contributed by atoms with Gasteiger partial charge >= 0.3 is 6.18 Å². The van der Waals surface area contributed by atoms with E-state index in [4.69, 9.17) is 9.97 Å². The van der Waals surface area contributed by atoms with E-state index in [-0.39, 0.29) is 5.41 Å². The fourth-order valence-corrected chi connectivity index (χ4v) is 11.8. The number of hydrogen-bond donors (Lipinski definition) is 0. The molecule has 4 saturated carbocycles. The molecular weight excluding hydrogens is 664 g/mol. The summed E-state index contributed by atoms with van der Waals surface area (Å²) in [4.78, 5) is 10.4. The Bertz CT molecular complexity index is 2820. The summed E-state index contributed by atoms with van der Waals surface area (Å²) in [5.74, 6) is 3.59. The Morgan fingerprint density at radius 2 is 1.26 bits per heavy atom. The van der Waals surface area contributed by atoms with Gasteiger partial charge in [0.15, 0.2) is 5.82 Å². The van der Waals surface area contributed by atoms with Crippen molar-refractivity contribution in [1.29, 1.82) is 0 Å². The lowest BCUT2D eigenvalue weighted by atomic mass is 9.43. The van der Waals surface area contributed by atoms with Gasteiger partial charge in [-0.05, 0) is 131 Å². The number of alkyl halides is 3. The van der Waals surface area contributed by atoms with Crippen LogP contribution < -0.4 is 0 Å². The van der Waals surface area contributed by atoms with Crippen LogP contribution in [0, 0.1) is 23.7 Å². The lowest BCUT2D eigenvalue weighted by molar-refractivity contribution is -0.137. The summed E-state index contributed by atoms with van der Waals surface area (Å²) in [6, 6.07) is 40.1. The molecule has 1 spiro atoms. The van der Waals surface area contributed by atoms with Gasteiger partial charge in [0.1, 0.15) is 5.69 Å². The molecule has 0 atom stereocenters. The van der Waals surface area contributed by atoms with E-state index in [1.165, 1.54) is 88.0 Å². The van der Waals surface area contributed by atoms with E-state index in [1.807, 2.05) is 24.3 Å². The van der Waals surface area contributed by atoms with Gasteiger partial charge in [-0.25, -0.2) is 9.97 Å². The molecule has 4 fully saturated rings. The molecule has 0 amide bonds. The molecule has 6 heteroatoms. The first-order valence-corrected chi connectivity index (χ1v) is 18.9. The Kier molecular flexibility index (Phi) is 5.86. The van der Waals surface area contributed by atoms with Gasteiger partial charge < -0.3 is 0 Å². The summed E-state index contributed by atoms with van der Waals surface area (Å²) >= 11 is 0. The van der Waals surface area contributed by atoms with Crippen LogP contribution in [0.15, 0.2) is 121 Å². The molecule has 53 heavy (non-hydrogen) atoms. The van der Waals surface area contributed by atoms with Gasteiger partial charge in [-0.2, -0.15) is 13.2 Å². The van der Waals surface area contributed by atoms with Crippen LogP contribution in [0.5, 0.6) is 0 Å². The quantitative estimate of drug-likeness (QED) is 0.180. The van der Waals surface area contributed by atoms with Gasteiger partial charge in [0, 0.05) is 21.8 Å². The maximum atomic E-state index is 13.7. The third-order valence-corrected chi connectivity index (χ3v) is 13.6. The van der Waals surface area contributed by atoms with E-state index >= 15 is 0 Å². The Balaban J connectivity index is 1.21. The highest BCUT2D eigenvalue weighted by Gasteiger charge is 2.61. The van der Waals surface area contributed by atoms with E-state index in [9.17, 15) is 13.2 Å². The highest BCUT2D eigenvalue weighted by molar-refractivity contribution is 6.22. The first-order chi connectivity index (χ1) is 25.9. The number of benzene rings is 6. The van der Waals surface area contributed by atoms with Crippen molar-refractivity contribution in [3.05, 3.63) is 138 Å². The van der Waals surface area contributed by atoms with Crippen molar-refractivity contribution < 1.29 is 13.2 Å². The van der Waals surface area contributed by atoms with Crippen LogP contribution >= 0.6 is 0 Å². The summed E-state index contributed by atoms with van der Waals surface area (Å²) in [6.45, 7) is 0. The van der Waals surface area contributed by atoms with Gasteiger partial charge in [-0.3, -0.25) is 4.57 Å². The minimum atomic E-state index is -4.43. The van der Waals surface area contributed by atoms with Gasteiger partial charge in [-0.15, -0.1) is 0 Å². The third-order valence-electron chi connectivity index (χ3n) is 13.6. The molecule has 0 aliphatic heterocycles. The zero-order valence-corrected chi connectivity index (χ0v) is 28.9. The van der Waals surface area contributed by atoms with Crippen molar-refractivity contribution in [2.45, 2.75) is 43.7 Å². The predicted molar refractivity (Wildman–Crippen MR) is 205 cm³/mol. The summed E-state index contributed by atoms with van der Waals surface area (Å²) in [5, 5.41) is 4.70. The minimum absolute atomic E-state index is 0.0146. The molecule has 8 aromatic rings. The molecule has 0 radical (unpaired) electrons. The van der Waals surface area contributed by atoms with Gasteiger partial charge in [-0.1, -0.05) is 78.9 Å². The number of fused-ring (bicyclic) bond motifs is 9. The van der Waals surface area contributed by atoms with E-state index < -0.39 is 11.7 Å². The SMILES string of the molecule is FC(F)(F)c1ccc(-c2nc3ccccc3nc2-n2c3cc4c(cc3c3c5ccccc5ccc32)C2(c3ccccc3-4)C3CC4CC(C3)CC2C4)cc1. The molecule has 6 aromatic carbocycles. The second-order valence-electron chi connectivity index (χ2n) is 16.1. The van der Waals surface area contributed by atoms with E-state index in [0.29, 0.717) is 34.4 Å². The summed E-state index contributed by atoms with van der Waals surface area (Å²) in [5.41, 5.74) is 9.55. The average Bonchev–Trinajstić information content (AvgIpc) is 3.65. The maximum absolute atomic E-state index is 13.7. The lowest BCUT2D eigenvalue weighted by Gasteiger charge is -2.61. The lowest BCUT2D eigenvalue weighted by Crippen LogP contribution is -2.55. The van der Waals surface area contributed by atoms with Crippen LogP contribution in [0.1, 0.15) is 48.8 Å². The third kappa shape index (κ3) is 3.96. The molecule has 3 nitrogen and oxygen atoms in total. The molecule has 13 rings (SSSR count). The molecule has 5 aliphatic rings. The van der Waals surface area contributed by atoms with Gasteiger partial charge in [0.25, 0.3) is 0 Å². The van der Waals surface area contributed by atoms with Crippen molar-refractivity contribution in [3.63, 3.8) is 0 Å². The molecule has 0 unspecified atom stereocenters. The smallest absolute Gasteiger partial charge is 0.292 e. The summed E-state index contributed by atoms with van der Waals surface area (Å²) in [7, 11) is 0. The molecule has 2 aromatic heterocycles. The predicted octanol–water partition coefficient (Wildman–Crippen LogP) is 12.3. The van der Waals surface area contributed by atoms with E-state index in [0.717, 1.165) is 40.5 Å². The highest BCUT2D eigenvalue weighted by atomic mass is 19.4. The normalized spacial score (nSPS) is 24.2. The molecular formula is C47H34F3N3. The Morgan fingerprint density at radius 3 is 2.02 bits per heavy atom. The van der Waals surface area contributed by atoms with Crippen LogP contribution in [0.25, 0.3) is 71.8 Å². The zero-order valence-electron chi connectivity index (χ0n) is 28.9. The topological polar surface area (TPSA) is 30.7 Å². The average molecular weight is 698 g/mol. The zero-order chi connectivity index (χ0) is 35.2. The second-order valence-corrected chi connectivity index (χ2v) is 16.1. The molecule has 0 N–H and O–H groups in total. The Morgan fingerprint density at radius 1 is 0.585 bits per heavy atom. The number of hydrogen-bond acceptors (Lipinski definition) is 2. The van der Waals surface area contributed by atoms with Crippen molar-refractivity contribution in [2.75, 3.05) is 0 Å². The standard InChI is InChI=1S/C47H34F3N3/c48-47(49,50)30-16-13-29(14-17-30)44-45(52-40-12-6-5-11-39(40)51-44)53-41-18-15-28-7-1-2-8-33(28)43(41)36-24-38-35(25-42(36)53)34-9-3-4-10-37(34)46(38)31-20-26-19-27(22-31)23-32(46)21-26/h1-18,24-27,31-32H,19-23H2. The molecule has 4 bridgehead atoms. The van der Waals surface area contributed by atoms with E-state index in [2.05, 4.69) is 77.4 Å². The number of nitrogens with zero attached hydrogens (tertiary/aromatic N) is 3. The van der Waals surface area contributed by atoms with Gasteiger partial charge in [0.2, 0.25) is 0 Å². The van der Waals surface area contributed by atoms with Crippen LogP contribution in [-0.4, -0.2) is 14.5 Å². The molecule has 5 aliphatic carbocycles. The van der Waals surface area contributed by atoms with Crippen molar-refractivity contribution in [2.24, 2.45) is 23.7 Å². The monoisotopic (exact) mass is 697 g/mol. The number of rotatable bonds is 2. The summed E-state index contributed by atoms with van der Waals surface area (Å²) in [6.07, 6.45) is 2.22. The summed E-state index contributed by atoms with van der Waals surface area (Å²) < 4.78 is 43.4. The highest BCUT2D eigenvalue weighted by Crippen LogP contribution is 2.69. The van der Waals surface area contributed by atoms with Gasteiger partial charge in [0.05, 0.1) is 27.6 Å². The fourth-order valence-electron chi connectivity index (χ4n) is 11.8. The largest absolute Gasteiger partial charge is 0.416 e. The fraction of sp³-hybridized carbons (Fsp3) is 0.234. The molecule has 0 saturated heterocycles. The maximum Gasteiger partial charge on any atom is 0.416 e. The van der Waals surface area contributed by atoms with Crippen LogP contribution in [-0.2, 0) is 11.6 Å².